The first-order chi connectivity index (χ1) is 13.5. The second kappa shape index (κ2) is 11.0. The van der Waals surface area contributed by atoms with Crippen molar-refractivity contribution < 1.29 is 14.6 Å². The molecule has 4 rings (SSSR count). The van der Waals surface area contributed by atoms with Crippen molar-refractivity contribution in [1.29, 1.82) is 0 Å². The molecule has 5 heteroatoms. The average Bonchev–Trinajstić information content (AvgIpc) is 2.72. The maximum Gasteiger partial charge on any atom is 0.337 e. The number of aromatic nitrogens is 2. The molecule has 5 nitrogen and oxygen atoms in total. The lowest BCUT2D eigenvalue weighted by molar-refractivity contribution is 0.0601. The Balaban J connectivity index is 0.000000284. The van der Waals surface area contributed by atoms with Crippen molar-refractivity contribution in [3.63, 3.8) is 0 Å². The highest BCUT2D eigenvalue weighted by Crippen LogP contribution is 2.16. The first kappa shape index (κ1) is 24.7. The number of benzene rings is 2. The number of nitrogens with zero attached hydrogens (tertiary/aromatic N) is 2. The summed E-state index contributed by atoms with van der Waals surface area (Å²) in [5.41, 5.74) is 5.56. The van der Waals surface area contributed by atoms with Crippen LogP contribution in [0.3, 0.4) is 0 Å². The Kier molecular flexibility index (Phi) is 9.09. The van der Waals surface area contributed by atoms with E-state index in [0.29, 0.717) is 5.56 Å². The van der Waals surface area contributed by atoms with Gasteiger partial charge in [0.25, 0.3) is 0 Å². The number of methoxy groups -OCH3 is 1. The Morgan fingerprint density at radius 3 is 1.93 bits per heavy atom. The number of carbonyl (C=O) groups is 1. The zero-order valence-electron chi connectivity index (χ0n) is 16.1. The van der Waals surface area contributed by atoms with Gasteiger partial charge < -0.3 is 9.84 Å². The number of carbonyl (C=O) groups excluding carboxylic acids is 1. The van der Waals surface area contributed by atoms with Crippen LogP contribution in [-0.4, -0.2) is 28.2 Å². The second-order valence-electron chi connectivity index (χ2n) is 6.61. The third kappa shape index (κ3) is 5.84. The summed E-state index contributed by atoms with van der Waals surface area (Å²) in [7, 11) is 1.38. The molecule has 0 bridgehead atoms. The minimum Gasteiger partial charge on any atom is -0.465 e. The molecule has 2 heterocycles. The van der Waals surface area contributed by atoms with Crippen molar-refractivity contribution in [3.05, 3.63) is 83.2 Å². The van der Waals surface area contributed by atoms with Gasteiger partial charge in [0.2, 0.25) is 0 Å². The molecule has 0 radical (unpaired) electrons. The lowest BCUT2D eigenvalue weighted by atomic mass is 10.1. The SMILES string of the molecule is C.C.COC(=O)c1ccc2ncc(C)cc2c1.Cc1cnc2ccc(CO)cc2c1. The number of fused-ring (bicyclic) bond motifs is 2. The number of pyridine rings is 2. The molecule has 0 unspecified atom stereocenters. The van der Waals surface area contributed by atoms with Crippen LogP contribution in [0.15, 0.2) is 60.9 Å². The lowest BCUT2D eigenvalue weighted by Crippen LogP contribution is -2.00. The Morgan fingerprint density at radius 2 is 1.40 bits per heavy atom. The largest absolute Gasteiger partial charge is 0.465 e. The van der Waals surface area contributed by atoms with E-state index < -0.39 is 0 Å². The molecule has 0 aliphatic heterocycles. The molecule has 0 aliphatic rings. The fourth-order valence-corrected chi connectivity index (χ4v) is 2.88. The number of esters is 1. The van der Waals surface area contributed by atoms with Crippen LogP contribution in [0.2, 0.25) is 0 Å². The van der Waals surface area contributed by atoms with Crippen LogP contribution >= 0.6 is 0 Å². The molecule has 0 amide bonds. The van der Waals surface area contributed by atoms with Crippen molar-refractivity contribution >= 4 is 27.8 Å². The monoisotopic (exact) mass is 406 g/mol. The van der Waals surface area contributed by atoms with Crippen LogP contribution in [-0.2, 0) is 11.3 Å². The normalized spacial score (nSPS) is 9.73. The van der Waals surface area contributed by atoms with E-state index in [9.17, 15) is 4.79 Å². The molecule has 0 saturated carbocycles. The highest BCUT2D eigenvalue weighted by Gasteiger charge is 2.06. The third-order valence-corrected chi connectivity index (χ3v) is 4.30. The van der Waals surface area contributed by atoms with E-state index in [1.54, 1.807) is 18.3 Å². The Bertz CT molecular complexity index is 1140. The summed E-state index contributed by atoms with van der Waals surface area (Å²) in [4.78, 5) is 19.8. The Hall–Kier alpha value is -3.31. The van der Waals surface area contributed by atoms with Gasteiger partial charge in [-0.1, -0.05) is 20.9 Å². The molecule has 30 heavy (non-hydrogen) atoms. The number of aliphatic hydroxyl groups excluding tert-OH is 1. The number of ether oxygens (including phenoxy) is 1. The summed E-state index contributed by atoms with van der Waals surface area (Å²) >= 11 is 0. The van der Waals surface area contributed by atoms with E-state index in [0.717, 1.165) is 38.5 Å². The molecule has 0 spiro atoms. The smallest absolute Gasteiger partial charge is 0.337 e. The highest BCUT2D eigenvalue weighted by atomic mass is 16.5. The van der Waals surface area contributed by atoms with Gasteiger partial charge in [-0.05, 0) is 73.0 Å². The molecule has 1 N–H and O–H groups in total. The van der Waals surface area contributed by atoms with E-state index in [2.05, 4.69) is 20.8 Å². The van der Waals surface area contributed by atoms with Gasteiger partial charge in [0, 0.05) is 23.2 Å². The third-order valence-electron chi connectivity index (χ3n) is 4.30. The van der Waals surface area contributed by atoms with Gasteiger partial charge in [-0.25, -0.2) is 4.79 Å². The summed E-state index contributed by atoms with van der Waals surface area (Å²) < 4.78 is 4.66. The van der Waals surface area contributed by atoms with Crippen LogP contribution in [0.4, 0.5) is 0 Å². The molecular formula is C25H30N2O3. The van der Waals surface area contributed by atoms with Crippen molar-refractivity contribution in [2.75, 3.05) is 7.11 Å². The molecule has 2 aromatic carbocycles. The maximum atomic E-state index is 11.3. The second-order valence-corrected chi connectivity index (χ2v) is 6.61. The van der Waals surface area contributed by atoms with Crippen molar-refractivity contribution in [2.24, 2.45) is 0 Å². The van der Waals surface area contributed by atoms with Crippen LogP contribution in [0.1, 0.15) is 41.9 Å². The summed E-state index contributed by atoms with van der Waals surface area (Å²) in [5.74, 6) is -0.321. The standard InChI is InChI=1S/C12H11NO2.C11H11NO.2CH4/c1-8-5-10-6-9(12(14)15-2)3-4-11(10)13-7-8;1-8-4-10-5-9(7-13)2-3-11(10)12-6-8;;/h3-7H,1-2H3;2-6,13H,7H2,1H3;2*1H4. The minimum atomic E-state index is -0.321. The van der Waals surface area contributed by atoms with Gasteiger partial charge in [0.1, 0.15) is 0 Å². The predicted molar refractivity (Wildman–Crippen MR) is 124 cm³/mol. The molecular weight excluding hydrogens is 376 g/mol. The van der Waals surface area contributed by atoms with Gasteiger partial charge in [-0.2, -0.15) is 0 Å². The van der Waals surface area contributed by atoms with E-state index in [-0.39, 0.29) is 27.4 Å². The van der Waals surface area contributed by atoms with Gasteiger partial charge in [0.05, 0.1) is 30.3 Å². The number of hydrogen-bond acceptors (Lipinski definition) is 5. The lowest BCUT2D eigenvalue weighted by Gasteiger charge is -2.02. The highest BCUT2D eigenvalue weighted by molar-refractivity contribution is 5.94. The molecule has 0 atom stereocenters. The van der Waals surface area contributed by atoms with E-state index in [1.165, 1.54) is 7.11 Å². The van der Waals surface area contributed by atoms with Crippen LogP contribution < -0.4 is 0 Å². The number of hydrogen-bond donors (Lipinski definition) is 1. The molecule has 2 aromatic heterocycles. The van der Waals surface area contributed by atoms with Gasteiger partial charge in [0.15, 0.2) is 0 Å². The Labute approximate surface area is 178 Å². The van der Waals surface area contributed by atoms with Gasteiger partial charge >= 0.3 is 5.97 Å². The van der Waals surface area contributed by atoms with Crippen LogP contribution in [0.5, 0.6) is 0 Å². The number of aryl methyl sites for hydroxylation is 2. The van der Waals surface area contributed by atoms with E-state index in [4.69, 9.17) is 5.11 Å². The fourth-order valence-electron chi connectivity index (χ4n) is 2.88. The molecule has 0 aliphatic carbocycles. The molecule has 0 fully saturated rings. The molecule has 4 aromatic rings. The zero-order chi connectivity index (χ0) is 20.1. The van der Waals surface area contributed by atoms with Crippen molar-refractivity contribution in [1.82, 2.24) is 9.97 Å². The fraction of sp³-hybridized carbons (Fsp3) is 0.240. The predicted octanol–water partition coefficient (Wildman–Crippen LogP) is 5.64. The van der Waals surface area contributed by atoms with Gasteiger partial charge in [-0.15, -0.1) is 0 Å². The average molecular weight is 407 g/mol. The minimum absolute atomic E-state index is 0. The summed E-state index contributed by atoms with van der Waals surface area (Å²) in [6.45, 7) is 4.07. The first-order valence-corrected chi connectivity index (χ1v) is 8.91. The zero-order valence-corrected chi connectivity index (χ0v) is 16.1. The van der Waals surface area contributed by atoms with E-state index in [1.807, 2.05) is 50.4 Å². The number of rotatable bonds is 2. The van der Waals surface area contributed by atoms with Crippen LogP contribution in [0.25, 0.3) is 21.8 Å². The van der Waals surface area contributed by atoms with Crippen molar-refractivity contribution in [2.45, 2.75) is 35.3 Å². The Morgan fingerprint density at radius 1 is 0.867 bits per heavy atom. The molecule has 0 saturated heterocycles. The summed E-state index contributed by atoms with van der Waals surface area (Å²) in [6, 6.07) is 15.2. The maximum absolute atomic E-state index is 11.3. The summed E-state index contributed by atoms with van der Waals surface area (Å²) in [5, 5.41) is 11.0. The van der Waals surface area contributed by atoms with Crippen LogP contribution in [0, 0.1) is 13.8 Å². The van der Waals surface area contributed by atoms with Gasteiger partial charge in [-0.3, -0.25) is 9.97 Å². The molecule has 158 valence electrons. The first-order valence-electron chi connectivity index (χ1n) is 8.91. The van der Waals surface area contributed by atoms with E-state index >= 15 is 0 Å². The summed E-state index contributed by atoms with van der Waals surface area (Å²) in [6.07, 6.45) is 3.65. The topological polar surface area (TPSA) is 72.3 Å². The van der Waals surface area contributed by atoms with Crippen molar-refractivity contribution in [3.8, 4) is 0 Å². The number of aliphatic hydroxyl groups is 1. The quantitative estimate of drug-likeness (QED) is 0.436.